The number of anilines is 1. The lowest BCUT2D eigenvalue weighted by atomic mass is 9.95. The van der Waals surface area contributed by atoms with Crippen molar-refractivity contribution in [2.75, 3.05) is 18.6 Å². The average Bonchev–Trinajstić information content (AvgIpc) is 3.44. The number of ether oxygens (including phenoxy) is 2. The van der Waals surface area contributed by atoms with Gasteiger partial charge in [-0.1, -0.05) is 54.1 Å². The van der Waals surface area contributed by atoms with Crippen molar-refractivity contribution < 1.29 is 24.2 Å². The maximum atomic E-state index is 13.4. The molecule has 1 N–H and O–H groups in total. The lowest BCUT2D eigenvalue weighted by Gasteiger charge is -2.23. The summed E-state index contributed by atoms with van der Waals surface area (Å²) in [5.74, 6) is -0.672. The molecule has 0 aliphatic carbocycles. The molecule has 9 heteroatoms. The minimum absolute atomic E-state index is 0.0277. The van der Waals surface area contributed by atoms with Crippen molar-refractivity contribution in [3.8, 4) is 11.5 Å². The highest BCUT2D eigenvalue weighted by Gasteiger charge is 2.48. The number of carbonyl (C=O) groups is 2. The summed E-state index contributed by atoms with van der Waals surface area (Å²) in [6.07, 6.45) is 0.826. The molecule has 1 saturated heterocycles. The molecular formula is C28H23ClN2O5S. The number of rotatable bonds is 7. The predicted octanol–water partition coefficient (Wildman–Crippen LogP) is 6.37. The summed E-state index contributed by atoms with van der Waals surface area (Å²) < 4.78 is 11.8. The Kier molecular flexibility index (Phi) is 6.86. The molecule has 2 heterocycles. The molecule has 0 bridgehead atoms. The van der Waals surface area contributed by atoms with Gasteiger partial charge in [0.05, 0.1) is 35.5 Å². The van der Waals surface area contributed by atoms with E-state index >= 15 is 0 Å². The number of nitrogens with zero attached hydrogens (tertiary/aromatic N) is 2. The Balaban J connectivity index is 1.68. The smallest absolute Gasteiger partial charge is 0.301 e. The van der Waals surface area contributed by atoms with E-state index in [2.05, 4.69) is 4.98 Å². The number of amides is 1. The van der Waals surface area contributed by atoms with E-state index in [1.807, 2.05) is 6.92 Å². The molecule has 1 fully saturated rings. The van der Waals surface area contributed by atoms with Gasteiger partial charge in [-0.25, -0.2) is 4.98 Å². The Morgan fingerprint density at radius 1 is 1.08 bits per heavy atom. The highest BCUT2D eigenvalue weighted by molar-refractivity contribution is 7.22. The van der Waals surface area contributed by atoms with Crippen LogP contribution in [0.15, 0.2) is 72.3 Å². The van der Waals surface area contributed by atoms with Gasteiger partial charge in [-0.2, -0.15) is 0 Å². The molecule has 1 aromatic heterocycles. The van der Waals surface area contributed by atoms with Crippen molar-refractivity contribution >= 4 is 55.7 Å². The first-order chi connectivity index (χ1) is 17.9. The van der Waals surface area contributed by atoms with Crippen molar-refractivity contribution in [2.45, 2.75) is 19.4 Å². The molecule has 37 heavy (non-hydrogen) atoms. The largest absolute Gasteiger partial charge is 0.507 e. The van der Waals surface area contributed by atoms with Crippen LogP contribution in [0, 0.1) is 0 Å². The third kappa shape index (κ3) is 4.65. The maximum absolute atomic E-state index is 13.4. The number of hydrogen-bond donors (Lipinski definition) is 1. The van der Waals surface area contributed by atoms with Crippen LogP contribution in [0.2, 0.25) is 5.02 Å². The minimum Gasteiger partial charge on any atom is -0.507 e. The van der Waals surface area contributed by atoms with E-state index in [1.54, 1.807) is 73.8 Å². The number of carbonyl (C=O) groups excluding carboxylic acids is 2. The monoisotopic (exact) mass is 534 g/mol. The fraction of sp³-hybridized carbons (Fsp3) is 0.179. The van der Waals surface area contributed by atoms with E-state index in [0.717, 1.165) is 11.1 Å². The van der Waals surface area contributed by atoms with Crippen molar-refractivity contribution in [3.05, 3.63) is 88.5 Å². The van der Waals surface area contributed by atoms with Crippen LogP contribution < -0.4 is 14.4 Å². The molecule has 5 rings (SSSR count). The molecular weight excluding hydrogens is 512 g/mol. The first kappa shape index (κ1) is 24.8. The number of aliphatic hydroxyl groups excluding tert-OH is 1. The van der Waals surface area contributed by atoms with Crippen molar-refractivity contribution in [2.24, 2.45) is 0 Å². The van der Waals surface area contributed by atoms with Crippen LogP contribution in [-0.4, -0.2) is 35.5 Å². The highest BCUT2D eigenvalue weighted by Crippen LogP contribution is 2.45. The molecule has 4 aromatic rings. The second-order valence-electron chi connectivity index (χ2n) is 8.43. The van der Waals surface area contributed by atoms with Crippen LogP contribution >= 0.6 is 22.9 Å². The summed E-state index contributed by atoms with van der Waals surface area (Å²) in [5, 5.41) is 12.3. The van der Waals surface area contributed by atoms with Gasteiger partial charge in [-0.15, -0.1) is 0 Å². The van der Waals surface area contributed by atoms with Crippen LogP contribution in [-0.2, 0) is 9.59 Å². The summed E-state index contributed by atoms with van der Waals surface area (Å²) in [7, 11) is 1.56. The number of methoxy groups -OCH3 is 1. The number of hydrogen-bond acceptors (Lipinski definition) is 7. The summed E-state index contributed by atoms with van der Waals surface area (Å²) in [6, 6.07) is 18.2. The van der Waals surface area contributed by atoms with Gasteiger partial charge in [0.25, 0.3) is 5.78 Å². The van der Waals surface area contributed by atoms with Gasteiger partial charge in [-0.3, -0.25) is 14.5 Å². The van der Waals surface area contributed by atoms with Crippen LogP contribution in [0.25, 0.3) is 16.0 Å². The van der Waals surface area contributed by atoms with Gasteiger partial charge >= 0.3 is 5.91 Å². The number of aliphatic hydroxyl groups is 1. The number of fused-ring (bicyclic) bond motifs is 1. The van der Waals surface area contributed by atoms with Crippen molar-refractivity contribution in [1.82, 2.24) is 4.98 Å². The van der Waals surface area contributed by atoms with Gasteiger partial charge < -0.3 is 14.6 Å². The summed E-state index contributed by atoms with van der Waals surface area (Å²) in [6.45, 7) is 2.51. The number of aromatic nitrogens is 1. The lowest BCUT2D eigenvalue weighted by molar-refractivity contribution is -0.132. The maximum Gasteiger partial charge on any atom is 0.301 e. The van der Waals surface area contributed by atoms with E-state index in [-0.39, 0.29) is 11.3 Å². The number of halogens is 1. The summed E-state index contributed by atoms with van der Waals surface area (Å²) >= 11 is 7.40. The fourth-order valence-electron chi connectivity index (χ4n) is 4.23. The molecule has 1 amide bonds. The molecule has 0 spiro atoms. The zero-order chi connectivity index (χ0) is 26.1. The second-order valence-corrected chi connectivity index (χ2v) is 9.87. The molecule has 0 radical (unpaired) electrons. The van der Waals surface area contributed by atoms with E-state index in [4.69, 9.17) is 21.1 Å². The zero-order valence-electron chi connectivity index (χ0n) is 20.1. The van der Waals surface area contributed by atoms with Gasteiger partial charge in [0.1, 0.15) is 17.3 Å². The minimum atomic E-state index is -0.901. The van der Waals surface area contributed by atoms with E-state index in [0.29, 0.717) is 44.9 Å². The second kappa shape index (κ2) is 10.2. The normalized spacial score (nSPS) is 16.9. The highest BCUT2D eigenvalue weighted by atomic mass is 35.5. The number of benzene rings is 3. The lowest BCUT2D eigenvalue weighted by Crippen LogP contribution is -2.29. The number of ketones is 1. The standard InChI is InChI=1S/C28H23ClN2O5S/c1-3-13-36-20-6-4-5-17(14-20)25(32)23-24(16-7-10-19(35-2)11-8-16)31(27(34)26(23)33)28-30-21-12-9-18(29)15-22(21)37-28/h4-12,14-15,24,32H,3,13H2,1-2H3/b25-23+. The van der Waals surface area contributed by atoms with Crippen LogP contribution in [0.4, 0.5) is 5.13 Å². The van der Waals surface area contributed by atoms with Gasteiger partial charge in [0.15, 0.2) is 5.13 Å². The van der Waals surface area contributed by atoms with Crippen LogP contribution in [0.1, 0.15) is 30.5 Å². The van der Waals surface area contributed by atoms with E-state index < -0.39 is 17.7 Å². The first-order valence-electron chi connectivity index (χ1n) is 11.7. The molecule has 3 aromatic carbocycles. The molecule has 1 unspecified atom stereocenters. The average molecular weight is 535 g/mol. The number of Topliss-reactive ketones (excluding diaryl/α,β-unsaturated/α-hetero) is 1. The molecule has 1 atom stereocenters. The summed E-state index contributed by atoms with van der Waals surface area (Å²) in [5.41, 5.74) is 1.62. The Morgan fingerprint density at radius 3 is 2.59 bits per heavy atom. The zero-order valence-corrected chi connectivity index (χ0v) is 21.7. The first-order valence-corrected chi connectivity index (χ1v) is 12.8. The van der Waals surface area contributed by atoms with E-state index in [1.165, 1.54) is 16.2 Å². The van der Waals surface area contributed by atoms with Gasteiger partial charge in [-0.05, 0) is 54.4 Å². The Hall–Kier alpha value is -3.88. The third-order valence-electron chi connectivity index (χ3n) is 6.00. The van der Waals surface area contributed by atoms with Crippen molar-refractivity contribution in [1.29, 1.82) is 0 Å². The van der Waals surface area contributed by atoms with Crippen LogP contribution in [0.3, 0.4) is 0 Å². The molecule has 188 valence electrons. The fourth-order valence-corrected chi connectivity index (χ4v) is 5.50. The Bertz CT molecular complexity index is 1530. The molecule has 0 saturated carbocycles. The van der Waals surface area contributed by atoms with Crippen LogP contribution in [0.5, 0.6) is 11.5 Å². The molecule has 1 aliphatic heterocycles. The predicted molar refractivity (Wildman–Crippen MR) is 145 cm³/mol. The Labute approximate surface area is 222 Å². The van der Waals surface area contributed by atoms with Crippen molar-refractivity contribution in [3.63, 3.8) is 0 Å². The summed E-state index contributed by atoms with van der Waals surface area (Å²) in [4.78, 5) is 32.8. The molecule has 7 nitrogen and oxygen atoms in total. The molecule has 1 aliphatic rings. The van der Waals surface area contributed by atoms with Gasteiger partial charge in [0.2, 0.25) is 0 Å². The Morgan fingerprint density at radius 2 is 1.86 bits per heavy atom. The van der Waals surface area contributed by atoms with E-state index in [9.17, 15) is 14.7 Å². The van der Waals surface area contributed by atoms with Gasteiger partial charge in [0, 0.05) is 10.6 Å². The quantitative estimate of drug-likeness (QED) is 0.168. The number of thiazole rings is 1. The third-order valence-corrected chi connectivity index (χ3v) is 7.25. The SMILES string of the molecule is CCCOc1cccc(/C(O)=C2\C(=O)C(=O)N(c3nc4ccc(Cl)cc4s3)C2c2ccc(OC)cc2)c1. The topological polar surface area (TPSA) is 89.0 Å².